The molecule has 2 rings (SSSR count). The first-order valence-electron chi connectivity index (χ1n) is 5.77. The molecule has 17 heavy (non-hydrogen) atoms. The minimum absolute atomic E-state index is 0.727. The zero-order valence-corrected chi connectivity index (χ0v) is 10.2. The molecule has 1 N–H and O–H groups in total. The van der Waals surface area contributed by atoms with Crippen molar-refractivity contribution in [2.45, 2.75) is 33.5 Å². The molecule has 2 aromatic heterocycles. The Balaban J connectivity index is 1.81. The van der Waals surface area contributed by atoms with Crippen molar-refractivity contribution in [1.82, 2.24) is 25.1 Å². The van der Waals surface area contributed by atoms with Crippen LogP contribution in [0, 0.1) is 6.92 Å². The molecule has 0 unspecified atom stereocenters. The molecular weight excluding hydrogens is 214 g/mol. The summed E-state index contributed by atoms with van der Waals surface area (Å²) in [7, 11) is 0. The molecule has 0 bridgehead atoms. The Morgan fingerprint density at radius 3 is 2.71 bits per heavy atom. The molecule has 2 heterocycles. The molecule has 0 aromatic carbocycles. The second-order valence-corrected chi connectivity index (χ2v) is 3.96. The van der Waals surface area contributed by atoms with Crippen molar-refractivity contribution < 1.29 is 0 Å². The minimum Gasteiger partial charge on any atom is -0.307 e. The fraction of sp³-hybridized carbons (Fsp3) is 0.417. The first kappa shape index (κ1) is 11.7. The van der Waals surface area contributed by atoms with Gasteiger partial charge in [0.1, 0.15) is 0 Å². The number of aryl methyl sites for hydroxylation is 2. The summed E-state index contributed by atoms with van der Waals surface area (Å²) >= 11 is 0. The third-order valence-corrected chi connectivity index (χ3v) is 2.48. The van der Waals surface area contributed by atoms with Crippen molar-refractivity contribution in [3.05, 3.63) is 41.7 Å². The van der Waals surface area contributed by atoms with Crippen molar-refractivity contribution in [3.63, 3.8) is 0 Å². The number of nitrogens with one attached hydrogen (secondary N) is 1. The summed E-state index contributed by atoms with van der Waals surface area (Å²) in [5.74, 6) is 0. The van der Waals surface area contributed by atoms with Crippen LogP contribution in [0.15, 0.2) is 24.8 Å². The van der Waals surface area contributed by atoms with Gasteiger partial charge in [0.05, 0.1) is 17.6 Å². The summed E-state index contributed by atoms with van der Waals surface area (Å²) in [4.78, 5) is 8.49. The lowest BCUT2D eigenvalue weighted by Gasteiger charge is -2.02. The molecule has 5 heteroatoms. The minimum atomic E-state index is 0.727. The maximum atomic E-state index is 4.29. The van der Waals surface area contributed by atoms with Gasteiger partial charge in [-0.15, -0.1) is 0 Å². The molecule has 0 fully saturated rings. The lowest BCUT2D eigenvalue weighted by Crippen LogP contribution is -2.13. The highest BCUT2D eigenvalue weighted by Crippen LogP contribution is 1.98. The molecule has 90 valence electrons. The van der Waals surface area contributed by atoms with Gasteiger partial charge in [0.15, 0.2) is 0 Å². The van der Waals surface area contributed by atoms with Crippen molar-refractivity contribution in [3.8, 4) is 0 Å². The number of rotatable bonds is 5. The molecule has 0 aliphatic carbocycles. The highest BCUT2D eigenvalue weighted by Gasteiger charge is 1.98. The van der Waals surface area contributed by atoms with E-state index in [4.69, 9.17) is 0 Å². The number of hydrogen-bond acceptors (Lipinski definition) is 4. The van der Waals surface area contributed by atoms with Crippen LogP contribution in [-0.4, -0.2) is 19.7 Å². The average Bonchev–Trinajstić information content (AvgIpc) is 2.80. The van der Waals surface area contributed by atoms with E-state index >= 15 is 0 Å². The first-order chi connectivity index (χ1) is 8.28. The fourth-order valence-corrected chi connectivity index (χ4v) is 1.52. The second kappa shape index (κ2) is 5.54. The monoisotopic (exact) mass is 231 g/mol. The largest absolute Gasteiger partial charge is 0.307 e. The standard InChI is InChI=1S/C12H17N5/c1-3-17-9-11(6-16-17)5-13-7-12-8-14-10(2)4-15-12/h4,6,8-9,13H,3,5,7H2,1-2H3. The van der Waals surface area contributed by atoms with E-state index < -0.39 is 0 Å². The van der Waals surface area contributed by atoms with E-state index in [1.807, 2.05) is 24.0 Å². The van der Waals surface area contributed by atoms with Gasteiger partial charge in [-0.05, 0) is 13.8 Å². The highest BCUT2D eigenvalue weighted by molar-refractivity contribution is 5.04. The Labute approximate surface area is 101 Å². The molecule has 0 saturated carbocycles. The van der Waals surface area contributed by atoms with E-state index in [1.54, 1.807) is 12.4 Å². The van der Waals surface area contributed by atoms with Crippen LogP contribution in [0.25, 0.3) is 0 Å². The van der Waals surface area contributed by atoms with Crippen LogP contribution in [-0.2, 0) is 19.6 Å². The summed E-state index contributed by atoms with van der Waals surface area (Å²) in [6.45, 7) is 6.44. The van der Waals surface area contributed by atoms with E-state index in [1.165, 1.54) is 5.56 Å². The van der Waals surface area contributed by atoms with Gasteiger partial charge in [0.2, 0.25) is 0 Å². The molecule has 2 aromatic rings. The van der Waals surface area contributed by atoms with Gasteiger partial charge in [0.25, 0.3) is 0 Å². The zero-order chi connectivity index (χ0) is 12.1. The molecule has 0 atom stereocenters. The van der Waals surface area contributed by atoms with E-state index in [0.717, 1.165) is 31.0 Å². The molecule has 0 saturated heterocycles. The van der Waals surface area contributed by atoms with E-state index in [9.17, 15) is 0 Å². The van der Waals surface area contributed by atoms with Crippen LogP contribution in [0.3, 0.4) is 0 Å². The van der Waals surface area contributed by atoms with Crippen molar-refractivity contribution in [1.29, 1.82) is 0 Å². The predicted molar refractivity (Wildman–Crippen MR) is 65.2 cm³/mol. The SMILES string of the molecule is CCn1cc(CNCc2cnc(C)cn2)cn1. The van der Waals surface area contributed by atoms with E-state index in [2.05, 4.69) is 27.3 Å². The highest BCUT2D eigenvalue weighted by atomic mass is 15.3. The summed E-state index contributed by atoms with van der Waals surface area (Å²) in [5.41, 5.74) is 3.09. The summed E-state index contributed by atoms with van der Waals surface area (Å²) < 4.78 is 1.92. The Hall–Kier alpha value is -1.75. The fourth-order valence-electron chi connectivity index (χ4n) is 1.52. The molecule has 0 aliphatic heterocycles. The normalized spacial score (nSPS) is 10.7. The molecule has 0 aliphatic rings. The smallest absolute Gasteiger partial charge is 0.0724 e. The van der Waals surface area contributed by atoms with Crippen LogP contribution in [0.5, 0.6) is 0 Å². The first-order valence-corrected chi connectivity index (χ1v) is 5.77. The molecule has 0 spiro atoms. The van der Waals surface area contributed by atoms with Crippen molar-refractivity contribution >= 4 is 0 Å². The average molecular weight is 231 g/mol. The Morgan fingerprint density at radius 2 is 2.06 bits per heavy atom. The maximum Gasteiger partial charge on any atom is 0.0724 e. The van der Waals surface area contributed by atoms with Gasteiger partial charge in [-0.2, -0.15) is 5.10 Å². The van der Waals surface area contributed by atoms with Gasteiger partial charge < -0.3 is 5.32 Å². The van der Waals surface area contributed by atoms with Gasteiger partial charge in [-0.25, -0.2) is 0 Å². The third-order valence-electron chi connectivity index (χ3n) is 2.48. The number of aromatic nitrogens is 4. The lowest BCUT2D eigenvalue weighted by molar-refractivity contribution is 0.653. The van der Waals surface area contributed by atoms with Gasteiger partial charge in [0, 0.05) is 43.8 Å². The maximum absolute atomic E-state index is 4.29. The number of hydrogen-bond donors (Lipinski definition) is 1. The van der Waals surface area contributed by atoms with Crippen LogP contribution < -0.4 is 5.32 Å². The van der Waals surface area contributed by atoms with E-state index in [-0.39, 0.29) is 0 Å². The topological polar surface area (TPSA) is 55.6 Å². The molecule has 0 radical (unpaired) electrons. The summed E-state index contributed by atoms with van der Waals surface area (Å²) in [6, 6.07) is 0. The second-order valence-electron chi connectivity index (χ2n) is 3.96. The van der Waals surface area contributed by atoms with Crippen LogP contribution in [0.4, 0.5) is 0 Å². The van der Waals surface area contributed by atoms with Crippen molar-refractivity contribution in [2.24, 2.45) is 0 Å². The third kappa shape index (κ3) is 3.35. The zero-order valence-electron chi connectivity index (χ0n) is 10.2. The summed E-state index contributed by atoms with van der Waals surface area (Å²) in [6.07, 6.45) is 7.52. The predicted octanol–water partition coefficient (Wildman–Crippen LogP) is 1.29. The van der Waals surface area contributed by atoms with Gasteiger partial charge >= 0.3 is 0 Å². The lowest BCUT2D eigenvalue weighted by atomic mass is 10.3. The number of nitrogens with zero attached hydrogens (tertiary/aromatic N) is 4. The quantitative estimate of drug-likeness (QED) is 0.842. The Morgan fingerprint density at radius 1 is 1.18 bits per heavy atom. The van der Waals surface area contributed by atoms with E-state index in [0.29, 0.717) is 0 Å². The Kier molecular flexibility index (Phi) is 3.82. The molecule has 5 nitrogen and oxygen atoms in total. The van der Waals surface area contributed by atoms with Gasteiger partial charge in [-0.1, -0.05) is 0 Å². The van der Waals surface area contributed by atoms with Crippen LogP contribution in [0.1, 0.15) is 23.9 Å². The Bertz CT molecular complexity index is 460. The van der Waals surface area contributed by atoms with Crippen molar-refractivity contribution in [2.75, 3.05) is 0 Å². The van der Waals surface area contributed by atoms with Gasteiger partial charge in [-0.3, -0.25) is 14.6 Å². The van der Waals surface area contributed by atoms with Crippen LogP contribution in [0.2, 0.25) is 0 Å². The molecular formula is C12H17N5. The molecule has 0 amide bonds. The summed E-state index contributed by atoms with van der Waals surface area (Å²) in [5, 5.41) is 7.54. The van der Waals surface area contributed by atoms with Crippen LogP contribution >= 0.6 is 0 Å².